The van der Waals surface area contributed by atoms with Crippen LogP contribution in [-0.2, 0) is 17.8 Å². The summed E-state index contributed by atoms with van der Waals surface area (Å²) in [6, 6.07) is 13.3. The quantitative estimate of drug-likeness (QED) is 0.769. The molecule has 3 rings (SSSR count). The molecule has 23 heavy (non-hydrogen) atoms. The van der Waals surface area contributed by atoms with Gasteiger partial charge < -0.3 is 9.73 Å². The van der Waals surface area contributed by atoms with Crippen LogP contribution >= 0.6 is 11.6 Å². The van der Waals surface area contributed by atoms with E-state index in [2.05, 4.69) is 10.3 Å². The number of nitrogens with zero attached hydrogens (tertiary/aromatic N) is 1. The zero-order valence-electron chi connectivity index (χ0n) is 12.8. The van der Waals surface area contributed by atoms with Crippen molar-refractivity contribution in [2.24, 2.45) is 0 Å². The fourth-order valence-electron chi connectivity index (χ4n) is 2.43. The monoisotopic (exact) mass is 328 g/mol. The lowest BCUT2D eigenvalue weighted by Crippen LogP contribution is -2.23. The van der Waals surface area contributed by atoms with Gasteiger partial charge in [-0.1, -0.05) is 35.9 Å². The SMILES string of the molecule is Cc1nc2cc(CCC(=O)NCc3ccccc3Cl)ccc2o1. The molecule has 4 nitrogen and oxygen atoms in total. The van der Waals surface area contributed by atoms with Crippen LogP contribution in [-0.4, -0.2) is 10.9 Å². The lowest BCUT2D eigenvalue weighted by molar-refractivity contribution is -0.121. The van der Waals surface area contributed by atoms with Crippen molar-refractivity contribution in [3.05, 3.63) is 64.5 Å². The van der Waals surface area contributed by atoms with Gasteiger partial charge in [0.05, 0.1) is 0 Å². The van der Waals surface area contributed by atoms with Crippen molar-refractivity contribution in [3.8, 4) is 0 Å². The molecule has 0 unspecified atom stereocenters. The molecule has 1 N–H and O–H groups in total. The van der Waals surface area contributed by atoms with E-state index in [0.29, 0.717) is 30.3 Å². The molecule has 0 radical (unpaired) electrons. The highest BCUT2D eigenvalue weighted by molar-refractivity contribution is 6.31. The highest BCUT2D eigenvalue weighted by Gasteiger charge is 2.07. The largest absolute Gasteiger partial charge is 0.441 e. The molecule has 0 aliphatic carbocycles. The fourth-order valence-corrected chi connectivity index (χ4v) is 2.63. The zero-order chi connectivity index (χ0) is 16.2. The summed E-state index contributed by atoms with van der Waals surface area (Å²) < 4.78 is 5.44. The number of amides is 1. The molecule has 5 heteroatoms. The second kappa shape index (κ2) is 6.84. The van der Waals surface area contributed by atoms with Crippen LogP contribution in [0.15, 0.2) is 46.9 Å². The molecular formula is C18H17ClN2O2. The number of benzene rings is 2. The van der Waals surface area contributed by atoms with Crippen molar-refractivity contribution >= 4 is 28.6 Å². The van der Waals surface area contributed by atoms with Gasteiger partial charge in [0, 0.05) is 24.9 Å². The molecule has 1 amide bonds. The van der Waals surface area contributed by atoms with Gasteiger partial charge in [-0.15, -0.1) is 0 Å². The Kier molecular flexibility index (Phi) is 4.63. The predicted molar refractivity (Wildman–Crippen MR) is 90.4 cm³/mol. The summed E-state index contributed by atoms with van der Waals surface area (Å²) in [5.41, 5.74) is 3.59. The van der Waals surface area contributed by atoms with Crippen molar-refractivity contribution in [1.29, 1.82) is 0 Å². The lowest BCUT2D eigenvalue weighted by atomic mass is 10.1. The molecule has 2 aromatic carbocycles. The first kappa shape index (κ1) is 15.6. The molecule has 0 atom stereocenters. The summed E-state index contributed by atoms with van der Waals surface area (Å²) in [6.45, 7) is 2.27. The molecule has 118 valence electrons. The second-order valence-corrected chi connectivity index (χ2v) is 5.81. The number of carbonyl (C=O) groups excluding carboxylic acids is 1. The van der Waals surface area contributed by atoms with E-state index in [1.807, 2.05) is 49.4 Å². The van der Waals surface area contributed by atoms with Crippen LogP contribution in [0.4, 0.5) is 0 Å². The van der Waals surface area contributed by atoms with Gasteiger partial charge in [0.15, 0.2) is 11.5 Å². The number of halogens is 1. The number of hydrogen-bond acceptors (Lipinski definition) is 3. The molecule has 3 aromatic rings. The summed E-state index contributed by atoms with van der Waals surface area (Å²) in [5, 5.41) is 3.56. The Morgan fingerprint density at radius 1 is 1.26 bits per heavy atom. The maximum Gasteiger partial charge on any atom is 0.220 e. The molecule has 0 saturated heterocycles. The third-order valence-corrected chi connectivity index (χ3v) is 4.00. The second-order valence-electron chi connectivity index (χ2n) is 5.40. The number of rotatable bonds is 5. The Balaban J connectivity index is 1.54. The van der Waals surface area contributed by atoms with Gasteiger partial charge in [-0.05, 0) is 35.7 Å². The number of carbonyl (C=O) groups is 1. The highest BCUT2D eigenvalue weighted by atomic mass is 35.5. The van der Waals surface area contributed by atoms with Crippen LogP contribution < -0.4 is 5.32 Å². The third kappa shape index (κ3) is 3.90. The minimum absolute atomic E-state index is 0.00125. The van der Waals surface area contributed by atoms with Gasteiger partial charge in [0.2, 0.25) is 5.91 Å². The van der Waals surface area contributed by atoms with Gasteiger partial charge in [0.1, 0.15) is 5.52 Å². The van der Waals surface area contributed by atoms with E-state index in [0.717, 1.165) is 22.2 Å². The summed E-state index contributed by atoms with van der Waals surface area (Å²) in [4.78, 5) is 16.3. The molecule has 0 saturated carbocycles. The van der Waals surface area contributed by atoms with E-state index >= 15 is 0 Å². The number of aromatic nitrogens is 1. The number of oxazole rings is 1. The Morgan fingerprint density at radius 2 is 2.09 bits per heavy atom. The lowest BCUT2D eigenvalue weighted by Gasteiger charge is -2.07. The summed E-state index contributed by atoms with van der Waals surface area (Å²) in [7, 11) is 0. The van der Waals surface area contributed by atoms with Crippen molar-refractivity contribution in [2.45, 2.75) is 26.3 Å². The molecule has 1 heterocycles. The number of nitrogens with one attached hydrogen (secondary N) is 1. The Hall–Kier alpha value is -2.33. The van der Waals surface area contributed by atoms with Crippen molar-refractivity contribution < 1.29 is 9.21 Å². The highest BCUT2D eigenvalue weighted by Crippen LogP contribution is 2.18. The minimum Gasteiger partial charge on any atom is -0.441 e. The predicted octanol–water partition coefficient (Wildman–Crippen LogP) is 4.04. The van der Waals surface area contributed by atoms with Crippen LogP contribution in [0.3, 0.4) is 0 Å². The van der Waals surface area contributed by atoms with Crippen molar-refractivity contribution in [3.63, 3.8) is 0 Å². The van der Waals surface area contributed by atoms with E-state index < -0.39 is 0 Å². The molecule has 0 spiro atoms. The minimum atomic E-state index is 0.00125. The smallest absolute Gasteiger partial charge is 0.220 e. The van der Waals surface area contributed by atoms with Crippen LogP contribution in [0.25, 0.3) is 11.1 Å². The normalized spacial score (nSPS) is 10.9. The van der Waals surface area contributed by atoms with Crippen LogP contribution in [0.2, 0.25) is 5.02 Å². The standard InChI is InChI=1S/C18H17ClN2O2/c1-12-21-16-10-13(6-8-17(16)23-12)7-9-18(22)20-11-14-4-2-3-5-15(14)19/h2-6,8,10H,7,9,11H2,1H3,(H,20,22). The van der Waals surface area contributed by atoms with Gasteiger partial charge >= 0.3 is 0 Å². The first-order chi connectivity index (χ1) is 11.1. The molecular weight excluding hydrogens is 312 g/mol. The average Bonchev–Trinajstić information content (AvgIpc) is 2.91. The Bertz CT molecular complexity index is 842. The zero-order valence-corrected chi connectivity index (χ0v) is 13.6. The van der Waals surface area contributed by atoms with Crippen LogP contribution in [0.5, 0.6) is 0 Å². The molecule has 0 aliphatic heterocycles. The van der Waals surface area contributed by atoms with E-state index in [-0.39, 0.29) is 5.91 Å². The first-order valence-electron chi connectivity index (χ1n) is 7.48. The van der Waals surface area contributed by atoms with Crippen molar-refractivity contribution in [2.75, 3.05) is 0 Å². The average molecular weight is 329 g/mol. The summed E-state index contributed by atoms with van der Waals surface area (Å²) in [6.07, 6.45) is 1.09. The number of hydrogen-bond donors (Lipinski definition) is 1. The maximum atomic E-state index is 12.0. The maximum absolute atomic E-state index is 12.0. The van der Waals surface area contributed by atoms with Gasteiger partial charge in [-0.25, -0.2) is 4.98 Å². The molecule has 0 aliphatic rings. The van der Waals surface area contributed by atoms with Crippen LogP contribution in [0, 0.1) is 6.92 Å². The first-order valence-corrected chi connectivity index (χ1v) is 7.86. The van der Waals surface area contributed by atoms with Gasteiger partial charge in [-0.3, -0.25) is 4.79 Å². The van der Waals surface area contributed by atoms with Gasteiger partial charge in [-0.2, -0.15) is 0 Å². The topological polar surface area (TPSA) is 55.1 Å². The van der Waals surface area contributed by atoms with Crippen LogP contribution in [0.1, 0.15) is 23.4 Å². The van der Waals surface area contributed by atoms with E-state index in [1.54, 1.807) is 0 Å². The van der Waals surface area contributed by atoms with E-state index in [9.17, 15) is 4.79 Å². The van der Waals surface area contributed by atoms with E-state index in [1.165, 1.54) is 0 Å². The van der Waals surface area contributed by atoms with Gasteiger partial charge in [0.25, 0.3) is 0 Å². The molecule has 1 aromatic heterocycles. The number of fused-ring (bicyclic) bond motifs is 1. The molecule has 0 fully saturated rings. The summed E-state index contributed by atoms with van der Waals surface area (Å²) >= 11 is 6.07. The van der Waals surface area contributed by atoms with E-state index in [4.69, 9.17) is 16.0 Å². The summed E-state index contributed by atoms with van der Waals surface area (Å²) in [5.74, 6) is 0.649. The Morgan fingerprint density at radius 3 is 2.91 bits per heavy atom. The fraction of sp³-hybridized carbons (Fsp3) is 0.222. The number of aryl methyl sites for hydroxylation is 2. The van der Waals surface area contributed by atoms with Crippen molar-refractivity contribution in [1.82, 2.24) is 10.3 Å². The molecule has 0 bridgehead atoms. The Labute approximate surface area is 139 Å². The third-order valence-electron chi connectivity index (χ3n) is 3.63.